The smallest absolute Gasteiger partial charge is 0.258 e. The number of benzene rings is 2. The van der Waals surface area contributed by atoms with E-state index in [0.29, 0.717) is 16.6 Å². The van der Waals surface area contributed by atoms with E-state index in [-0.39, 0.29) is 11.3 Å². The average Bonchev–Trinajstić information content (AvgIpc) is 2.38. The van der Waals surface area contributed by atoms with E-state index in [9.17, 15) is 22.4 Å². The molecule has 2 aromatic rings. The molecule has 0 aliphatic heterocycles. The molecule has 2 aromatic carbocycles. The van der Waals surface area contributed by atoms with E-state index in [1.807, 2.05) is 0 Å². The Morgan fingerprint density at radius 3 is 2.15 bits per heavy atom. The summed E-state index contributed by atoms with van der Waals surface area (Å²) in [5.41, 5.74) is -0.629. The van der Waals surface area contributed by atoms with Gasteiger partial charge >= 0.3 is 0 Å². The van der Waals surface area contributed by atoms with Crippen LogP contribution in [-0.4, -0.2) is 5.91 Å². The fourth-order valence-corrected chi connectivity index (χ4v) is 1.86. The maximum Gasteiger partial charge on any atom is 0.258 e. The van der Waals surface area contributed by atoms with Crippen LogP contribution in [0.4, 0.5) is 23.2 Å². The Labute approximate surface area is 119 Å². The molecule has 0 spiro atoms. The Balaban J connectivity index is 2.30. The van der Waals surface area contributed by atoms with Gasteiger partial charge < -0.3 is 5.32 Å². The maximum atomic E-state index is 13.5. The molecule has 0 atom stereocenters. The molecule has 2 rings (SSSR count). The first-order chi connectivity index (χ1) is 9.38. The molecule has 0 radical (unpaired) electrons. The van der Waals surface area contributed by atoms with Gasteiger partial charge in [-0.15, -0.1) is 0 Å². The Hall–Kier alpha value is -1.89. The number of rotatable bonds is 2. The minimum absolute atomic E-state index is 0.314. The van der Waals surface area contributed by atoms with Crippen molar-refractivity contribution in [1.82, 2.24) is 0 Å². The van der Waals surface area contributed by atoms with Crippen molar-refractivity contribution in [3.05, 3.63) is 63.6 Å². The van der Waals surface area contributed by atoms with Crippen molar-refractivity contribution in [2.45, 2.75) is 0 Å². The van der Waals surface area contributed by atoms with E-state index in [2.05, 4.69) is 21.2 Å². The molecule has 0 fully saturated rings. The van der Waals surface area contributed by atoms with Crippen LogP contribution in [-0.2, 0) is 0 Å². The second-order valence-corrected chi connectivity index (χ2v) is 4.75. The number of amides is 1. The predicted octanol–water partition coefficient (Wildman–Crippen LogP) is 4.26. The highest BCUT2D eigenvalue weighted by molar-refractivity contribution is 9.10. The summed E-state index contributed by atoms with van der Waals surface area (Å²) in [4.78, 5) is 11.8. The van der Waals surface area contributed by atoms with Gasteiger partial charge in [-0.3, -0.25) is 4.79 Å². The van der Waals surface area contributed by atoms with Gasteiger partial charge in [0.25, 0.3) is 5.91 Å². The van der Waals surface area contributed by atoms with Gasteiger partial charge in [-0.05, 0) is 18.2 Å². The molecule has 0 aliphatic carbocycles. The van der Waals surface area contributed by atoms with E-state index in [1.165, 1.54) is 12.1 Å². The lowest BCUT2D eigenvalue weighted by atomic mass is 10.2. The number of nitrogens with one attached hydrogen (secondary N) is 1. The summed E-state index contributed by atoms with van der Waals surface area (Å²) in [5.74, 6) is -6.25. The third-order valence-corrected chi connectivity index (χ3v) is 2.91. The third-order valence-electron chi connectivity index (χ3n) is 2.41. The van der Waals surface area contributed by atoms with Crippen molar-refractivity contribution < 1.29 is 22.4 Å². The summed E-state index contributed by atoms with van der Waals surface area (Å²) in [6.45, 7) is 0. The average molecular weight is 348 g/mol. The van der Waals surface area contributed by atoms with Crippen LogP contribution < -0.4 is 5.32 Å². The molecule has 0 heterocycles. The summed E-state index contributed by atoms with van der Waals surface area (Å²) in [6, 6.07) is 4.87. The molecule has 0 saturated heterocycles. The number of carbonyl (C=O) groups is 1. The predicted molar refractivity (Wildman–Crippen MR) is 68.4 cm³/mol. The lowest BCUT2D eigenvalue weighted by molar-refractivity contribution is 0.102. The van der Waals surface area contributed by atoms with Gasteiger partial charge in [0.15, 0.2) is 17.5 Å². The van der Waals surface area contributed by atoms with Crippen LogP contribution >= 0.6 is 15.9 Å². The molecule has 0 aliphatic rings. The van der Waals surface area contributed by atoms with Crippen LogP contribution in [0.5, 0.6) is 0 Å². The number of hydrogen-bond acceptors (Lipinski definition) is 1. The Morgan fingerprint density at radius 1 is 0.950 bits per heavy atom. The third kappa shape index (κ3) is 2.98. The van der Waals surface area contributed by atoms with Crippen molar-refractivity contribution in [1.29, 1.82) is 0 Å². The topological polar surface area (TPSA) is 29.1 Å². The van der Waals surface area contributed by atoms with Crippen molar-refractivity contribution in [3.63, 3.8) is 0 Å². The van der Waals surface area contributed by atoms with Gasteiger partial charge in [-0.2, -0.15) is 0 Å². The van der Waals surface area contributed by atoms with Crippen LogP contribution in [0.1, 0.15) is 10.4 Å². The highest BCUT2D eigenvalue weighted by atomic mass is 79.9. The zero-order valence-corrected chi connectivity index (χ0v) is 11.3. The van der Waals surface area contributed by atoms with Crippen molar-refractivity contribution in [3.8, 4) is 0 Å². The Kier molecular flexibility index (Phi) is 4.08. The number of hydrogen-bond donors (Lipinski definition) is 1. The largest absolute Gasteiger partial charge is 0.322 e. The fourth-order valence-electron chi connectivity index (χ4n) is 1.50. The first-order valence-electron chi connectivity index (χ1n) is 5.29. The molecule has 7 heteroatoms. The number of carbonyl (C=O) groups excluding carboxylic acids is 1. The highest BCUT2D eigenvalue weighted by Gasteiger charge is 2.15. The quantitative estimate of drug-likeness (QED) is 0.638. The molecule has 20 heavy (non-hydrogen) atoms. The molecular formula is C13H6BrF4NO. The fraction of sp³-hybridized carbons (Fsp3) is 0. The van der Waals surface area contributed by atoms with Crippen LogP contribution in [0.3, 0.4) is 0 Å². The minimum atomic E-state index is -1.64. The van der Waals surface area contributed by atoms with Crippen molar-refractivity contribution in [2.24, 2.45) is 0 Å². The zero-order chi connectivity index (χ0) is 14.9. The van der Waals surface area contributed by atoms with Crippen LogP contribution in [0.2, 0.25) is 0 Å². The molecule has 1 N–H and O–H groups in total. The summed E-state index contributed by atoms with van der Waals surface area (Å²) in [6.07, 6.45) is 0. The van der Waals surface area contributed by atoms with Gasteiger partial charge in [-0.25, -0.2) is 17.6 Å². The van der Waals surface area contributed by atoms with Crippen molar-refractivity contribution >= 4 is 27.5 Å². The van der Waals surface area contributed by atoms with Crippen LogP contribution in [0, 0.1) is 23.3 Å². The number of halogens is 5. The van der Waals surface area contributed by atoms with E-state index in [1.54, 1.807) is 0 Å². The standard InChI is InChI=1S/C13H6BrF4NO/c14-6-1-2-9(15)8(3-6)13(20)19-7-4-10(16)12(18)11(17)5-7/h1-5H,(H,19,20). The molecular weight excluding hydrogens is 342 g/mol. The first-order valence-corrected chi connectivity index (χ1v) is 6.08. The van der Waals surface area contributed by atoms with Crippen LogP contribution in [0.15, 0.2) is 34.8 Å². The summed E-state index contributed by atoms with van der Waals surface area (Å²) in [7, 11) is 0. The second kappa shape index (κ2) is 5.62. The summed E-state index contributed by atoms with van der Waals surface area (Å²) in [5, 5.41) is 2.09. The molecule has 0 aromatic heterocycles. The van der Waals surface area contributed by atoms with Gasteiger partial charge in [-0.1, -0.05) is 15.9 Å². The first kappa shape index (κ1) is 14.5. The lowest BCUT2D eigenvalue weighted by Crippen LogP contribution is -2.14. The van der Waals surface area contributed by atoms with Gasteiger partial charge in [0.2, 0.25) is 0 Å². The van der Waals surface area contributed by atoms with E-state index < -0.39 is 29.2 Å². The zero-order valence-electron chi connectivity index (χ0n) is 9.68. The van der Waals surface area contributed by atoms with E-state index in [4.69, 9.17) is 0 Å². The molecule has 0 unspecified atom stereocenters. The molecule has 1 amide bonds. The van der Waals surface area contributed by atoms with Crippen molar-refractivity contribution in [2.75, 3.05) is 5.32 Å². The van der Waals surface area contributed by atoms with E-state index in [0.717, 1.165) is 6.07 Å². The monoisotopic (exact) mass is 347 g/mol. The Morgan fingerprint density at radius 2 is 1.55 bits per heavy atom. The minimum Gasteiger partial charge on any atom is -0.322 e. The van der Waals surface area contributed by atoms with Gasteiger partial charge in [0.05, 0.1) is 5.56 Å². The SMILES string of the molecule is O=C(Nc1cc(F)c(F)c(F)c1)c1cc(Br)ccc1F. The lowest BCUT2D eigenvalue weighted by Gasteiger charge is -2.07. The van der Waals surface area contributed by atoms with Crippen LogP contribution in [0.25, 0.3) is 0 Å². The normalized spacial score (nSPS) is 10.4. The molecule has 0 saturated carbocycles. The second-order valence-electron chi connectivity index (χ2n) is 3.83. The Bertz CT molecular complexity index is 667. The summed E-state index contributed by atoms with van der Waals surface area (Å²) < 4.78 is 52.7. The molecule has 0 bridgehead atoms. The highest BCUT2D eigenvalue weighted by Crippen LogP contribution is 2.20. The van der Waals surface area contributed by atoms with Gasteiger partial charge in [0, 0.05) is 22.3 Å². The number of anilines is 1. The van der Waals surface area contributed by atoms with E-state index >= 15 is 0 Å². The molecule has 104 valence electrons. The van der Waals surface area contributed by atoms with Gasteiger partial charge in [0.1, 0.15) is 5.82 Å². The molecule has 2 nitrogen and oxygen atoms in total. The summed E-state index contributed by atoms with van der Waals surface area (Å²) >= 11 is 3.07. The maximum absolute atomic E-state index is 13.5.